The largest absolute Gasteiger partial charge is 0.340 e. The van der Waals surface area contributed by atoms with E-state index in [0.717, 1.165) is 30.5 Å². The number of hydrogen-bond donors (Lipinski definition) is 2. The maximum Gasteiger partial charge on any atom is 0.267 e. The van der Waals surface area contributed by atoms with Crippen LogP contribution in [0.1, 0.15) is 35.2 Å². The van der Waals surface area contributed by atoms with Crippen molar-refractivity contribution >= 4 is 39.2 Å². The van der Waals surface area contributed by atoms with Crippen molar-refractivity contribution in [1.82, 2.24) is 14.7 Å². The Labute approximate surface area is 203 Å². The van der Waals surface area contributed by atoms with Crippen molar-refractivity contribution in [2.75, 3.05) is 17.3 Å². The summed E-state index contributed by atoms with van der Waals surface area (Å²) >= 11 is 0. The molecule has 0 bridgehead atoms. The zero-order valence-corrected chi connectivity index (χ0v) is 19.9. The summed E-state index contributed by atoms with van der Waals surface area (Å²) in [6.45, 7) is 0.332. The second-order valence-corrected chi connectivity index (χ2v) is 10.7. The number of amides is 1. The molecule has 6 rings (SSSR count). The van der Waals surface area contributed by atoms with Gasteiger partial charge in [-0.2, -0.15) is 5.10 Å². The number of nitrogens with one attached hydrogen (secondary N) is 1. The first-order valence-electron chi connectivity index (χ1n) is 11.5. The molecule has 3 N–H and O–H groups in total. The van der Waals surface area contributed by atoms with Crippen LogP contribution in [0, 0.1) is 0 Å². The Morgan fingerprint density at radius 3 is 2.54 bits per heavy atom. The summed E-state index contributed by atoms with van der Waals surface area (Å²) in [7, 11) is -2.02. The second-order valence-electron chi connectivity index (χ2n) is 9.11. The topological polar surface area (TPSA) is 126 Å². The van der Waals surface area contributed by atoms with Gasteiger partial charge < -0.3 is 5.32 Å². The Hall–Kier alpha value is -3.70. The lowest BCUT2D eigenvalue weighted by Crippen LogP contribution is -2.51. The minimum atomic E-state index is -3.78. The van der Waals surface area contributed by atoms with E-state index in [9.17, 15) is 13.2 Å². The Kier molecular flexibility index (Phi) is 4.94. The van der Waals surface area contributed by atoms with Crippen LogP contribution in [0.4, 0.5) is 17.3 Å². The number of sulfonamides is 1. The molecule has 35 heavy (non-hydrogen) atoms. The van der Waals surface area contributed by atoms with Crippen LogP contribution in [0.15, 0.2) is 64.5 Å². The summed E-state index contributed by atoms with van der Waals surface area (Å²) in [6.07, 6.45) is 3.11. The van der Waals surface area contributed by atoms with Gasteiger partial charge in [0.15, 0.2) is 5.82 Å². The molecule has 0 saturated heterocycles. The van der Waals surface area contributed by atoms with E-state index in [1.807, 2.05) is 30.3 Å². The van der Waals surface area contributed by atoms with Crippen LogP contribution in [-0.2, 0) is 16.6 Å². The minimum Gasteiger partial charge on any atom is -0.340 e. The fourth-order valence-corrected chi connectivity index (χ4v) is 5.68. The van der Waals surface area contributed by atoms with Crippen molar-refractivity contribution in [3.63, 3.8) is 0 Å². The molecule has 11 heteroatoms. The number of carbonyl (C=O) groups excluding carboxylic acids is 1. The standard InChI is InChI=1S/C24H25N7O3S/c1-29-23(32)20-21(26-16-6-3-2-4-7-16)30(14-15-10-12-17(13-11-15)35(25,33)34)28-22(20)31-19-9-5-8-18(19)27-24(29)31/h2-4,6-7,10-13,18-19,26H,5,8-9,14H2,1H3,(H2,25,33,34). The second kappa shape index (κ2) is 7.92. The van der Waals surface area contributed by atoms with Gasteiger partial charge in [-0.05, 0) is 49.1 Å². The van der Waals surface area contributed by atoms with Crippen LogP contribution in [0.5, 0.6) is 0 Å². The molecule has 3 aliphatic rings. The normalized spacial score (nSPS) is 21.0. The minimum absolute atomic E-state index is 0.0469. The van der Waals surface area contributed by atoms with Gasteiger partial charge in [0.1, 0.15) is 11.4 Å². The fourth-order valence-electron chi connectivity index (χ4n) is 5.16. The lowest BCUT2D eigenvalue weighted by molar-refractivity contribution is 0.0866. The van der Waals surface area contributed by atoms with Gasteiger partial charge in [0.05, 0.1) is 23.5 Å². The molecule has 2 aromatic carbocycles. The van der Waals surface area contributed by atoms with Crippen molar-refractivity contribution in [2.45, 2.75) is 42.8 Å². The average molecular weight is 492 g/mol. The van der Waals surface area contributed by atoms with Crippen molar-refractivity contribution in [1.29, 1.82) is 0 Å². The number of hydrogen-bond acceptors (Lipinski definition) is 7. The number of para-hydroxylation sites is 1. The maximum atomic E-state index is 13.6. The number of nitrogens with two attached hydrogens (primary N) is 1. The number of aliphatic imine (C=N–C) groups is 1. The van der Waals surface area contributed by atoms with Crippen molar-refractivity contribution in [3.05, 3.63) is 65.7 Å². The van der Waals surface area contributed by atoms with Crippen LogP contribution < -0.4 is 15.4 Å². The molecular weight excluding hydrogens is 466 g/mol. The molecule has 10 nitrogen and oxygen atoms in total. The van der Waals surface area contributed by atoms with Gasteiger partial charge in [-0.1, -0.05) is 30.3 Å². The number of anilines is 3. The molecule has 1 saturated carbocycles. The molecule has 1 amide bonds. The molecule has 1 aliphatic carbocycles. The van der Waals surface area contributed by atoms with E-state index in [-0.39, 0.29) is 22.9 Å². The predicted molar refractivity (Wildman–Crippen MR) is 132 cm³/mol. The van der Waals surface area contributed by atoms with Gasteiger partial charge in [0.25, 0.3) is 5.91 Å². The molecule has 2 atom stereocenters. The van der Waals surface area contributed by atoms with E-state index in [1.165, 1.54) is 12.1 Å². The highest BCUT2D eigenvalue weighted by Crippen LogP contribution is 2.42. The highest BCUT2D eigenvalue weighted by Gasteiger charge is 2.49. The van der Waals surface area contributed by atoms with Crippen LogP contribution >= 0.6 is 0 Å². The van der Waals surface area contributed by atoms with Gasteiger partial charge in [0, 0.05) is 12.7 Å². The smallest absolute Gasteiger partial charge is 0.267 e. The Balaban J connectivity index is 1.46. The lowest BCUT2D eigenvalue weighted by Gasteiger charge is -2.34. The molecule has 3 aromatic rings. The average Bonchev–Trinajstić information content (AvgIpc) is 3.52. The molecule has 2 aliphatic heterocycles. The lowest BCUT2D eigenvalue weighted by atomic mass is 10.1. The summed E-state index contributed by atoms with van der Waals surface area (Å²) < 4.78 is 25.1. The third kappa shape index (κ3) is 3.58. The predicted octanol–water partition coefficient (Wildman–Crippen LogP) is 2.51. The number of guanidine groups is 1. The molecular formula is C24H25N7O3S. The number of nitrogens with zero attached hydrogens (tertiary/aromatic N) is 5. The van der Waals surface area contributed by atoms with E-state index in [4.69, 9.17) is 15.2 Å². The first kappa shape index (κ1) is 21.8. The van der Waals surface area contributed by atoms with E-state index in [1.54, 1.807) is 28.8 Å². The quantitative estimate of drug-likeness (QED) is 0.565. The third-order valence-corrected chi connectivity index (χ3v) is 7.80. The third-order valence-electron chi connectivity index (χ3n) is 6.87. The zero-order valence-electron chi connectivity index (χ0n) is 19.1. The molecule has 2 unspecified atom stereocenters. The summed E-state index contributed by atoms with van der Waals surface area (Å²) in [6, 6.07) is 16.4. The molecule has 3 heterocycles. The fraction of sp³-hybridized carbons (Fsp3) is 0.292. The number of benzene rings is 2. The molecule has 0 spiro atoms. The molecule has 180 valence electrons. The van der Waals surface area contributed by atoms with Gasteiger partial charge >= 0.3 is 0 Å². The number of carbonyl (C=O) groups is 1. The van der Waals surface area contributed by atoms with E-state index >= 15 is 0 Å². The van der Waals surface area contributed by atoms with Gasteiger partial charge in [-0.15, -0.1) is 0 Å². The van der Waals surface area contributed by atoms with Gasteiger partial charge in [0.2, 0.25) is 16.0 Å². The van der Waals surface area contributed by atoms with Crippen molar-refractivity contribution in [2.24, 2.45) is 10.1 Å². The first-order valence-corrected chi connectivity index (χ1v) is 13.1. The van der Waals surface area contributed by atoms with Crippen LogP contribution in [0.2, 0.25) is 0 Å². The monoisotopic (exact) mass is 491 g/mol. The SMILES string of the molecule is CN1C(=O)c2c(nn(Cc3ccc(S(N)(=O)=O)cc3)c2Nc2ccccc2)N2C1=NC1CCCC12. The molecule has 1 fully saturated rings. The number of primary sulfonamides is 1. The Morgan fingerprint density at radius 1 is 1.09 bits per heavy atom. The number of fused-ring (bicyclic) bond motifs is 5. The highest BCUT2D eigenvalue weighted by molar-refractivity contribution is 7.89. The molecule has 1 aromatic heterocycles. The van der Waals surface area contributed by atoms with E-state index < -0.39 is 10.0 Å². The van der Waals surface area contributed by atoms with E-state index in [0.29, 0.717) is 29.7 Å². The first-order chi connectivity index (χ1) is 16.8. The van der Waals surface area contributed by atoms with Crippen LogP contribution in [0.25, 0.3) is 0 Å². The zero-order chi connectivity index (χ0) is 24.3. The van der Waals surface area contributed by atoms with Crippen LogP contribution in [-0.4, -0.2) is 54.1 Å². The van der Waals surface area contributed by atoms with Crippen molar-refractivity contribution in [3.8, 4) is 0 Å². The Morgan fingerprint density at radius 2 is 1.83 bits per heavy atom. The highest BCUT2D eigenvalue weighted by atomic mass is 32.2. The van der Waals surface area contributed by atoms with Crippen LogP contribution in [0.3, 0.4) is 0 Å². The number of aromatic nitrogens is 2. The summed E-state index contributed by atoms with van der Waals surface area (Å²) in [5.41, 5.74) is 2.16. The maximum absolute atomic E-state index is 13.6. The number of rotatable bonds is 5. The molecule has 0 radical (unpaired) electrons. The summed E-state index contributed by atoms with van der Waals surface area (Å²) in [5, 5.41) is 13.5. The van der Waals surface area contributed by atoms with Gasteiger partial charge in [-0.3, -0.25) is 14.6 Å². The summed E-state index contributed by atoms with van der Waals surface area (Å²) in [5.74, 6) is 1.69. The van der Waals surface area contributed by atoms with Gasteiger partial charge in [-0.25, -0.2) is 23.2 Å². The Bertz CT molecular complexity index is 1450. The summed E-state index contributed by atoms with van der Waals surface area (Å²) in [4.78, 5) is 22.2. The van der Waals surface area contributed by atoms with E-state index in [2.05, 4.69) is 10.2 Å². The van der Waals surface area contributed by atoms with Crippen molar-refractivity contribution < 1.29 is 13.2 Å².